The Labute approximate surface area is 121 Å². The highest BCUT2D eigenvalue weighted by atomic mass is 19.4. The van der Waals surface area contributed by atoms with Gasteiger partial charge in [-0.2, -0.15) is 13.2 Å². The maximum absolute atomic E-state index is 12.9. The molecule has 0 radical (unpaired) electrons. The fourth-order valence-corrected chi connectivity index (χ4v) is 3.79. The predicted octanol–water partition coefficient (Wildman–Crippen LogP) is 2.64. The topological polar surface area (TPSA) is 15.7 Å². The molecule has 0 amide bonds. The van der Waals surface area contributed by atoms with Crippen LogP contribution in [0.15, 0.2) is 35.4 Å². The Morgan fingerprint density at radius 2 is 2.10 bits per heavy atom. The van der Waals surface area contributed by atoms with E-state index in [1.165, 1.54) is 13.0 Å². The van der Waals surface area contributed by atoms with Gasteiger partial charge >= 0.3 is 6.18 Å². The molecule has 6 heteroatoms. The standard InChI is InChI=1S/C15H17F3N2O/c16-15(17,18)13-9-21-14-8-20(4-2-12(13)14)11-5-10-1-3-19(6-10)7-11/h2,4,8,10-11H,1,3,5-7,9H2/t10-,11-/m1/s1. The van der Waals surface area contributed by atoms with Crippen molar-refractivity contribution in [1.29, 1.82) is 0 Å². The molecule has 114 valence electrons. The van der Waals surface area contributed by atoms with Crippen LogP contribution in [0, 0.1) is 5.92 Å². The zero-order chi connectivity index (χ0) is 14.6. The van der Waals surface area contributed by atoms with Crippen molar-refractivity contribution in [1.82, 2.24) is 9.80 Å². The van der Waals surface area contributed by atoms with E-state index in [1.54, 1.807) is 18.5 Å². The third-order valence-corrected chi connectivity index (χ3v) is 4.85. The van der Waals surface area contributed by atoms with Crippen LogP contribution < -0.4 is 0 Å². The molecule has 0 spiro atoms. The molecule has 4 rings (SSSR count). The monoisotopic (exact) mass is 298 g/mol. The summed E-state index contributed by atoms with van der Waals surface area (Å²) in [7, 11) is 0. The minimum absolute atomic E-state index is 0.192. The molecule has 0 aliphatic carbocycles. The first kappa shape index (κ1) is 13.2. The molecule has 1 unspecified atom stereocenters. The van der Waals surface area contributed by atoms with Crippen molar-refractivity contribution >= 4 is 0 Å². The van der Waals surface area contributed by atoms with Gasteiger partial charge in [-0.25, -0.2) is 0 Å². The normalized spacial score (nSPS) is 34.9. The Morgan fingerprint density at radius 3 is 2.86 bits per heavy atom. The molecule has 3 atom stereocenters. The van der Waals surface area contributed by atoms with Crippen molar-refractivity contribution in [2.45, 2.75) is 25.1 Å². The van der Waals surface area contributed by atoms with Gasteiger partial charge in [0.05, 0.1) is 5.57 Å². The highest BCUT2D eigenvalue weighted by Gasteiger charge is 2.42. The van der Waals surface area contributed by atoms with E-state index in [1.807, 2.05) is 4.90 Å². The van der Waals surface area contributed by atoms with E-state index >= 15 is 0 Å². The third-order valence-electron chi connectivity index (χ3n) is 4.85. The SMILES string of the molecule is FC(F)(F)C1=C2C=CN([C@@H]3C[C@H]4CCN(C4)C3)C=C2OC1. The van der Waals surface area contributed by atoms with Crippen LogP contribution in [0.2, 0.25) is 0 Å². The lowest BCUT2D eigenvalue weighted by atomic mass is 9.95. The van der Waals surface area contributed by atoms with Crippen molar-refractivity contribution in [3.05, 3.63) is 35.4 Å². The minimum atomic E-state index is -4.31. The van der Waals surface area contributed by atoms with Gasteiger partial charge in [0.15, 0.2) is 0 Å². The Bertz CT molecular complexity index is 538. The van der Waals surface area contributed by atoms with Crippen molar-refractivity contribution in [2.75, 3.05) is 26.2 Å². The summed E-state index contributed by atoms with van der Waals surface area (Å²) in [6.07, 6.45) is 3.10. The average molecular weight is 298 g/mol. The number of ether oxygens (including phenoxy) is 1. The Balaban J connectivity index is 1.56. The van der Waals surface area contributed by atoms with Gasteiger partial charge in [-0.15, -0.1) is 0 Å². The molecule has 21 heavy (non-hydrogen) atoms. The van der Waals surface area contributed by atoms with Crippen molar-refractivity contribution in [2.24, 2.45) is 5.92 Å². The fraction of sp³-hybridized carbons (Fsp3) is 0.600. The molecule has 2 fully saturated rings. The Morgan fingerprint density at radius 1 is 1.24 bits per heavy atom. The minimum Gasteiger partial charge on any atom is -0.487 e. The first-order chi connectivity index (χ1) is 10.0. The highest BCUT2D eigenvalue weighted by molar-refractivity contribution is 5.48. The van der Waals surface area contributed by atoms with Crippen molar-refractivity contribution < 1.29 is 17.9 Å². The molecule has 0 saturated carbocycles. The molecule has 0 aromatic heterocycles. The molecule has 4 aliphatic heterocycles. The molecule has 2 bridgehead atoms. The number of piperidine rings is 1. The van der Waals surface area contributed by atoms with Crippen LogP contribution in [0.25, 0.3) is 0 Å². The third kappa shape index (κ3) is 2.25. The number of halogens is 3. The predicted molar refractivity (Wildman–Crippen MR) is 71.0 cm³/mol. The summed E-state index contributed by atoms with van der Waals surface area (Å²) in [5.74, 6) is 1.08. The number of hydrogen-bond acceptors (Lipinski definition) is 3. The lowest BCUT2D eigenvalue weighted by molar-refractivity contribution is -0.0959. The summed E-state index contributed by atoms with van der Waals surface area (Å²) in [6, 6.07) is 0.343. The first-order valence-electron chi connectivity index (χ1n) is 7.34. The highest BCUT2D eigenvalue weighted by Crippen LogP contribution is 2.40. The van der Waals surface area contributed by atoms with Gasteiger partial charge in [0, 0.05) is 37.1 Å². The second-order valence-corrected chi connectivity index (χ2v) is 6.24. The first-order valence-corrected chi connectivity index (χ1v) is 7.34. The zero-order valence-electron chi connectivity index (χ0n) is 11.6. The lowest BCUT2D eigenvalue weighted by Crippen LogP contribution is -2.43. The van der Waals surface area contributed by atoms with Crippen LogP contribution in [-0.2, 0) is 4.74 Å². The van der Waals surface area contributed by atoms with E-state index in [0.717, 1.165) is 25.4 Å². The van der Waals surface area contributed by atoms with Crippen molar-refractivity contribution in [3.8, 4) is 0 Å². The van der Waals surface area contributed by atoms with Gasteiger partial charge in [0.1, 0.15) is 12.4 Å². The molecule has 4 aliphatic rings. The van der Waals surface area contributed by atoms with Gasteiger partial charge in [0.2, 0.25) is 0 Å². The molecule has 0 N–H and O–H groups in total. The van der Waals surface area contributed by atoms with E-state index in [4.69, 9.17) is 4.74 Å². The van der Waals surface area contributed by atoms with E-state index in [0.29, 0.717) is 11.8 Å². The molecule has 3 nitrogen and oxygen atoms in total. The van der Waals surface area contributed by atoms with Crippen LogP contribution in [-0.4, -0.2) is 48.3 Å². The Hall–Kier alpha value is -1.43. The lowest BCUT2D eigenvalue weighted by Gasteiger charge is -2.37. The van der Waals surface area contributed by atoms with Crippen LogP contribution in [0.5, 0.6) is 0 Å². The fourth-order valence-electron chi connectivity index (χ4n) is 3.79. The average Bonchev–Trinajstić information content (AvgIpc) is 3.00. The molecular formula is C15H17F3N2O. The molecular weight excluding hydrogens is 281 g/mol. The van der Waals surface area contributed by atoms with Crippen LogP contribution in [0.3, 0.4) is 0 Å². The second-order valence-electron chi connectivity index (χ2n) is 6.24. The van der Waals surface area contributed by atoms with Crippen LogP contribution in [0.1, 0.15) is 12.8 Å². The smallest absolute Gasteiger partial charge is 0.416 e. The summed E-state index contributed by atoms with van der Waals surface area (Å²) in [5, 5.41) is 0. The van der Waals surface area contributed by atoms with Gasteiger partial charge in [0.25, 0.3) is 0 Å². The maximum Gasteiger partial charge on any atom is 0.416 e. The molecule has 4 heterocycles. The summed E-state index contributed by atoms with van der Waals surface area (Å²) in [6.45, 7) is 2.93. The summed E-state index contributed by atoms with van der Waals surface area (Å²) >= 11 is 0. The van der Waals surface area contributed by atoms with Gasteiger partial charge in [-0.3, -0.25) is 0 Å². The molecule has 0 aromatic carbocycles. The quantitative estimate of drug-likeness (QED) is 0.740. The van der Waals surface area contributed by atoms with Gasteiger partial charge in [-0.05, 0) is 31.4 Å². The summed E-state index contributed by atoms with van der Waals surface area (Å²) in [5.41, 5.74) is -0.380. The number of alkyl halides is 3. The van der Waals surface area contributed by atoms with Crippen LogP contribution in [0.4, 0.5) is 13.2 Å². The number of rotatable bonds is 1. The van der Waals surface area contributed by atoms with Crippen molar-refractivity contribution in [3.63, 3.8) is 0 Å². The van der Waals surface area contributed by atoms with E-state index in [2.05, 4.69) is 4.90 Å². The zero-order valence-corrected chi connectivity index (χ0v) is 11.6. The summed E-state index contributed by atoms with van der Waals surface area (Å²) < 4.78 is 43.9. The Kier molecular flexibility index (Phi) is 2.86. The number of hydrogen-bond donors (Lipinski definition) is 0. The van der Waals surface area contributed by atoms with Gasteiger partial charge in [-0.1, -0.05) is 0 Å². The largest absolute Gasteiger partial charge is 0.487 e. The second kappa shape index (κ2) is 4.53. The molecule has 0 aromatic rings. The molecule has 2 saturated heterocycles. The summed E-state index contributed by atoms with van der Waals surface area (Å²) in [4.78, 5) is 4.47. The van der Waals surface area contributed by atoms with Crippen LogP contribution >= 0.6 is 0 Å². The van der Waals surface area contributed by atoms with E-state index < -0.39 is 11.7 Å². The van der Waals surface area contributed by atoms with E-state index in [9.17, 15) is 13.2 Å². The van der Waals surface area contributed by atoms with Gasteiger partial charge < -0.3 is 14.5 Å². The maximum atomic E-state index is 12.9. The number of allylic oxidation sites excluding steroid dienone is 1. The van der Waals surface area contributed by atoms with E-state index in [-0.39, 0.29) is 12.2 Å². The number of fused-ring (bicyclic) bond motifs is 3. The number of nitrogens with zero attached hydrogens (tertiary/aromatic N) is 2.